The maximum absolute atomic E-state index is 12.3. The number of hydrogen-bond acceptors (Lipinski definition) is 4. The number of carboxylic acid groups (broad SMARTS) is 1. The Morgan fingerprint density at radius 1 is 1.39 bits per heavy atom. The first kappa shape index (κ1) is 13.1. The molecule has 0 spiro atoms. The van der Waals surface area contributed by atoms with Crippen molar-refractivity contribution in [2.24, 2.45) is 7.05 Å². The SMILES string of the molecule is Cn1cc(S(=O)(=O)N2CCNCC2)cc1C(=O)O. The van der Waals surface area contributed by atoms with Gasteiger partial charge in [-0.1, -0.05) is 0 Å². The minimum Gasteiger partial charge on any atom is -0.477 e. The van der Waals surface area contributed by atoms with Gasteiger partial charge in [-0.15, -0.1) is 0 Å². The fraction of sp³-hybridized carbons (Fsp3) is 0.500. The van der Waals surface area contributed by atoms with E-state index in [2.05, 4.69) is 5.32 Å². The van der Waals surface area contributed by atoms with Crippen LogP contribution in [0.3, 0.4) is 0 Å². The number of piperazine rings is 1. The van der Waals surface area contributed by atoms with Crippen LogP contribution in [-0.2, 0) is 17.1 Å². The van der Waals surface area contributed by atoms with E-state index in [1.807, 2.05) is 0 Å². The number of sulfonamides is 1. The van der Waals surface area contributed by atoms with Crippen LogP contribution in [0.2, 0.25) is 0 Å². The van der Waals surface area contributed by atoms with Gasteiger partial charge in [0, 0.05) is 39.4 Å². The maximum Gasteiger partial charge on any atom is 0.352 e. The topological polar surface area (TPSA) is 91.6 Å². The van der Waals surface area contributed by atoms with Gasteiger partial charge >= 0.3 is 5.97 Å². The molecule has 1 aromatic rings. The van der Waals surface area contributed by atoms with Crippen molar-refractivity contribution in [1.29, 1.82) is 0 Å². The molecule has 1 aromatic heterocycles. The summed E-state index contributed by atoms with van der Waals surface area (Å²) in [5.41, 5.74) is -0.0382. The van der Waals surface area contributed by atoms with Gasteiger partial charge in [-0.25, -0.2) is 13.2 Å². The van der Waals surface area contributed by atoms with Gasteiger partial charge in [0.25, 0.3) is 0 Å². The van der Waals surface area contributed by atoms with Crippen molar-refractivity contribution in [3.05, 3.63) is 18.0 Å². The number of aromatic carboxylic acids is 1. The van der Waals surface area contributed by atoms with E-state index in [1.165, 1.54) is 28.2 Å². The molecule has 100 valence electrons. The molecule has 2 N–H and O–H groups in total. The van der Waals surface area contributed by atoms with E-state index in [0.29, 0.717) is 26.2 Å². The van der Waals surface area contributed by atoms with Crippen molar-refractivity contribution in [3.8, 4) is 0 Å². The summed E-state index contributed by atoms with van der Waals surface area (Å²) in [5.74, 6) is -1.14. The first-order chi connectivity index (χ1) is 8.43. The Kier molecular flexibility index (Phi) is 3.42. The monoisotopic (exact) mass is 273 g/mol. The Morgan fingerprint density at radius 3 is 2.50 bits per heavy atom. The Labute approximate surface area is 105 Å². The molecule has 8 heteroatoms. The Bertz CT molecular complexity index is 558. The highest BCUT2D eigenvalue weighted by atomic mass is 32.2. The summed E-state index contributed by atoms with van der Waals surface area (Å²) in [7, 11) is -2.07. The molecule has 2 rings (SSSR count). The van der Waals surface area contributed by atoms with E-state index in [0.717, 1.165) is 0 Å². The molecule has 1 aliphatic rings. The molecule has 0 aromatic carbocycles. The predicted molar refractivity (Wildman–Crippen MR) is 64.0 cm³/mol. The van der Waals surface area contributed by atoms with Crippen LogP contribution in [0.5, 0.6) is 0 Å². The molecule has 0 aliphatic carbocycles. The second-order valence-corrected chi connectivity index (χ2v) is 6.07. The smallest absolute Gasteiger partial charge is 0.352 e. The van der Waals surface area contributed by atoms with Gasteiger partial charge in [0.05, 0.1) is 0 Å². The summed E-state index contributed by atoms with van der Waals surface area (Å²) in [4.78, 5) is 10.9. The highest BCUT2D eigenvalue weighted by Gasteiger charge is 2.28. The number of nitrogens with one attached hydrogen (secondary N) is 1. The Hall–Kier alpha value is -1.38. The standard InChI is InChI=1S/C10H15N3O4S/c1-12-7-8(6-9(12)10(14)15)18(16,17)13-4-2-11-3-5-13/h6-7,11H,2-5H2,1H3,(H,14,15). The Morgan fingerprint density at radius 2 is 2.00 bits per heavy atom. The molecule has 7 nitrogen and oxygen atoms in total. The van der Waals surface area contributed by atoms with Crippen LogP contribution in [0, 0.1) is 0 Å². The third-order valence-electron chi connectivity index (χ3n) is 2.91. The zero-order chi connectivity index (χ0) is 13.3. The molecule has 0 radical (unpaired) electrons. The van der Waals surface area contributed by atoms with Crippen molar-refractivity contribution in [2.45, 2.75) is 4.90 Å². The van der Waals surface area contributed by atoms with Gasteiger partial charge in [-0.3, -0.25) is 0 Å². The summed E-state index contributed by atoms with van der Waals surface area (Å²) in [6.07, 6.45) is 1.33. The first-order valence-corrected chi connectivity index (χ1v) is 6.97. The van der Waals surface area contributed by atoms with Crippen LogP contribution in [0.25, 0.3) is 0 Å². The maximum atomic E-state index is 12.3. The third kappa shape index (κ3) is 2.26. The van der Waals surface area contributed by atoms with Crippen LogP contribution in [0.4, 0.5) is 0 Å². The van der Waals surface area contributed by atoms with Crippen LogP contribution in [0.1, 0.15) is 10.5 Å². The van der Waals surface area contributed by atoms with Crippen LogP contribution in [-0.4, -0.2) is 54.5 Å². The second kappa shape index (κ2) is 4.71. The van der Waals surface area contributed by atoms with Gasteiger partial charge in [0.15, 0.2) is 0 Å². The van der Waals surface area contributed by atoms with E-state index in [4.69, 9.17) is 5.11 Å². The lowest BCUT2D eigenvalue weighted by atomic mass is 10.4. The molecule has 1 fully saturated rings. The molecular formula is C10H15N3O4S. The molecule has 0 bridgehead atoms. The van der Waals surface area contributed by atoms with Gasteiger partial charge in [-0.05, 0) is 6.07 Å². The van der Waals surface area contributed by atoms with E-state index >= 15 is 0 Å². The highest BCUT2D eigenvalue weighted by molar-refractivity contribution is 7.89. The number of aromatic nitrogens is 1. The minimum atomic E-state index is -3.59. The summed E-state index contributed by atoms with van der Waals surface area (Å²) >= 11 is 0. The van der Waals surface area contributed by atoms with Crippen molar-refractivity contribution < 1.29 is 18.3 Å². The molecular weight excluding hydrogens is 258 g/mol. The van der Waals surface area contributed by atoms with Crippen LogP contribution < -0.4 is 5.32 Å². The average molecular weight is 273 g/mol. The van der Waals surface area contributed by atoms with Gasteiger partial charge < -0.3 is 15.0 Å². The first-order valence-electron chi connectivity index (χ1n) is 5.53. The van der Waals surface area contributed by atoms with Gasteiger partial charge in [-0.2, -0.15) is 4.31 Å². The fourth-order valence-electron chi connectivity index (χ4n) is 1.92. The molecule has 0 atom stereocenters. The van der Waals surface area contributed by atoms with Crippen molar-refractivity contribution >= 4 is 16.0 Å². The summed E-state index contributed by atoms with van der Waals surface area (Å²) in [6, 6.07) is 1.19. The van der Waals surface area contributed by atoms with E-state index in [-0.39, 0.29) is 10.6 Å². The van der Waals surface area contributed by atoms with Crippen molar-refractivity contribution in [3.63, 3.8) is 0 Å². The molecule has 1 aliphatic heterocycles. The van der Waals surface area contributed by atoms with Crippen LogP contribution >= 0.6 is 0 Å². The quantitative estimate of drug-likeness (QED) is 0.761. The molecule has 2 heterocycles. The normalized spacial score (nSPS) is 17.8. The van der Waals surface area contributed by atoms with Gasteiger partial charge in [0.2, 0.25) is 10.0 Å². The second-order valence-electron chi connectivity index (χ2n) is 4.13. The molecule has 18 heavy (non-hydrogen) atoms. The lowest BCUT2D eigenvalue weighted by molar-refractivity contribution is 0.0686. The summed E-state index contributed by atoms with van der Waals surface area (Å²) in [5, 5.41) is 12.0. The minimum absolute atomic E-state index is 0.0318. The number of hydrogen-bond donors (Lipinski definition) is 2. The number of carbonyl (C=O) groups is 1. The number of carboxylic acids is 1. The largest absolute Gasteiger partial charge is 0.477 e. The molecule has 1 saturated heterocycles. The average Bonchev–Trinajstić information content (AvgIpc) is 2.73. The third-order valence-corrected chi connectivity index (χ3v) is 4.78. The van der Waals surface area contributed by atoms with E-state index < -0.39 is 16.0 Å². The Balaban J connectivity index is 2.35. The fourth-order valence-corrected chi connectivity index (χ4v) is 3.43. The van der Waals surface area contributed by atoms with Crippen LogP contribution in [0.15, 0.2) is 17.2 Å². The zero-order valence-corrected chi connectivity index (χ0v) is 10.8. The van der Waals surface area contributed by atoms with Crippen molar-refractivity contribution in [1.82, 2.24) is 14.2 Å². The number of rotatable bonds is 3. The molecule has 0 amide bonds. The number of nitrogens with zero attached hydrogens (tertiary/aromatic N) is 2. The summed E-state index contributed by atoms with van der Waals surface area (Å²) < 4.78 is 27.2. The van der Waals surface area contributed by atoms with E-state index in [1.54, 1.807) is 0 Å². The predicted octanol–water partition coefficient (Wildman–Crippen LogP) is -0.683. The molecule has 0 saturated carbocycles. The lowest BCUT2D eigenvalue weighted by Gasteiger charge is -2.26. The summed E-state index contributed by atoms with van der Waals surface area (Å²) in [6.45, 7) is 2.02. The zero-order valence-electron chi connectivity index (χ0n) is 9.96. The van der Waals surface area contributed by atoms with Gasteiger partial charge in [0.1, 0.15) is 10.6 Å². The molecule has 0 unspecified atom stereocenters. The van der Waals surface area contributed by atoms with Crippen molar-refractivity contribution in [2.75, 3.05) is 26.2 Å². The van der Waals surface area contributed by atoms with E-state index in [9.17, 15) is 13.2 Å². The lowest BCUT2D eigenvalue weighted by Crippen LogP contribution is -2.46. The number of aryl methyl sites for hydroxylation is 1. The highest BCUT2D eigenvalue weighted by Crippen LogP contribution is 2.18.